The Hall–Kier alpha value is -0.980. The highest BCUT2D eigenvalue weighted by molar-refractivity contribution is 7.13. The summed E-state index contributed by atoms with van der Waals surface area (Å²) in [5.41, 5.74) is 1.34. The van der Waals surface area contributed by atoms with E-state index in [9.17, 15) is 4.79 Å². The first-order chi connectivity index (χ1) is 12.1. The summed E-state index contributed by atoms with van der Waals surface area (Å²) in [6.07, 6.45) is 7.99. The summed E-state index contributed by atoms with van der Waals surface area (Å²) < 4.78 is 0. The summed E-state index contributed by atoms with van der Waals surface area (Å²) in [5, 5.41) is 0.736. The molecule has 2 fully saturated rings. The van der Waals surface area contributed by atoms with Crippen LogP contribution < -0.4 is 0 Å². The van der Waals surface area contributed by atoms with Gasteiger partial charge in [0.1, 0.15) is 0 Å². The molecule has 25 heavy (non-hydrogen) atoms. The molecule has 0 atom stereocenters. The number of fused-ring (bicyclic) bond motifs is 1. The molecule has 1 aliphatic carbocycles. The van der Waals surface area contributed by atoms with Crippen molar-refractivity contribution in [1.82, 2.24) is 19.7 Å². The Morgan fingerprint density at radius 2 is 1.80 bits per heavy atom. The second-order valence-electron chi connectivity index (χ2n) is 8.13. The molecule has 0 radical (unpaired) electrons. The Bertz CT molecular complexity index is 612. The fourth-order valence-corrected chi connectivity index (χ4v) is 5.74. The molecule has 2 saturated heterocycles. The van der Waals surface area contributed by atoms with Gasteiger partial charge in [0.25, 0.3) is 5.91 Å². The lowest BCUT2D eigenvalue weighted by atomic mass is 9.85. The normalized spacial score (nSPS) is 25.0. The van der Waals surface area contributed by atoms with Crippen LogP contribution in [0.15, 0.2) is 0 Å². The highest BCUT2D eigenvalue weighted by atomic mass is 32.1. The van der Waals surface area contributed by atoms with Crippen molar-refractivity contribution in [2.75, 3.05) is 46.8 Å². The molecule has 1 aromatic rings. The Kier molecular flexibility index (Phi) is 4.86. The van der Waals surface area contributed by atoms with Gasteiger partial charge in [0.15, 0.2) is 5.01 Å². The summed E-state index contributed by atoms with van der Waals surface area (Å²) in [6.45, 7) is 5.06. The van der Waals surface area contributed by atoms with E-state index >= 15 is 0 Å². The van der Waals surface area contributed by atoms with Crippen molar-refractivity contribution in [2.24, 2.45) is 0 Å². The first-order valence-corrected chi connectivity index (χ1v) is 10.6. The minimum atomic E-state index is 0.148. The summed E-state index contributed by atoms with van der Waals surface area (Å²) in [4.78, 5) is 26.3. The van der Waals surface area contributed by atoms with Crippen molar-refractivity contribution in [3.05, 3.63) is 15.6 Å². The number of carbonyl (C=O) groups is 1. The smallest absolute Gasteiger partial charge is 0.282 e. The second-order valence-corrected chi connectivity index (χ2v) is 9.21. The van der Waals surface area contributed by atoms with Gasteiger partial charge in [0.2, 0.25) is 0 Å². The molecule has 5 nitrogen and oxygen atoms in total. The van der Waals surface area contributed by atoms with Crippen LogP contribution in [0.4, 0.5) is 0 Å². The minimum absolute atomic E-state index is 0.148. The van der Waals surface area contributed by atoms with Crippen LogP contribution in [-0.4, -0.2) is 77.9 Å². The number of likely N-dealkylation sites (N-methyl/N-ethyl adjacent to an activating group) is 1. The molecular formula is C19H30N4OS. The van der Waals surface area contributed by atoms with Gasteiger partial charge in [-0.25, -0.2) is 4.98 Å². The van der Waals surface area contributed by atoms with E-state index in [1.807, 2.05) is 0 Å². The van der Waals surface area contributed by atoms with Crippen LogP contribution in [0.1, 0.15) is 52.5 Å². The average Bonchev–Trinajstić information content (AvgIpc) is 2.99. The first-order valence-electron chi connectivity index (χ1n) is 9.75. The first kappa shape index (κ1) is 17.4. The fourth-order valence-electron chi connectivity index (χ4n) is 4.62. The Morgan fingerprint density at radius 1 is 1.04 bits per heavy atom. The molecule has 0 bridgehead atoms. The van der Waals surface area contributed by atoms with E-state index in [0.717, 1.165) is 69.8 Å². The quantitative estimate of drug-likeness (QED) is 0.768. The zero-order valence-corrected chi connectivity index (χ0v) is 16.4. The number of hydrogen-bond donors (Lipinski definition) is 0. The maximum absolute atomic E-state index is 13.2. The van der Waals surface area contributed by atoms with Crippen molar-refractivity contribution in [3.63, 3.8) is 0 Å². The number of thiazole rings is 1. The van der Waals surface area contributed by atoms with Crippen molar-refractivity contribution in [3.8, 4) is 0 Å². The van der Waals surface area contributed by atoms with Gasteiger partial charge in [-0.1, -0.05) is 0 Å². The third-order valence-corrected chi connectivity index (χ3v) is 7.60. The van der Waals surface area contributed by atoms with E-state index in [2.05, 4.69) is 28.8 Å². The Balaban J connectivity index is 1.54. The largest absolute Gasteiger partial charge is 0.335 e. The lowest BCUT2D eigenvalue weighted by Crippen LogP contribution is -2.58. The molecule has 4 rings (SSSR count). The third-order valence-electron chi connectivity index (χ3n) is 6.45. The highest BCUT2D eigenvalue weighted by Crippen LogP contribution is 2.32. The van der Waals surface area contributed by atoms with Gasteiger partial charge in [0, 0.05) is 30.1 Å². The molecule has 1 aromatic heterocycles. The summed E-state index contributed by atoms with van der Waals surface area (Å²) in [6, 6.07) is 0. The highest BCUT2D eigenvalue weighted by Gasteiger charge is 2.41. The van der Waals surface area contributed by atoms with Crippen molar-refractivity contribution >= 4 is 17.2 Å². The zero-order valence-electron chi connectivity index (χ0n) is 15.6. The number of aryl methyl sites for hydroxylation is 2. The number of piperidine rings is 1. The van der Waals surface area contributed by atoms with Gasteiger partial charge >= 0.3 is 0 Å². The standard InChI is InChI=1S/C19H30N4OS/c1-21-12-8-19(9-13-21)14-23(11-5-10-22(19)2)18(24)17-20-15-6-3-4-7-16(15)25-17/h3-14H2,1-2H3. The molecule has 1 spiro atoms. The van der Waals surface area contributed by atoms with Crippen LogP contribution in [0.25, 0.3) is 0 Å². The molecule has 1 amide bonds. The van der Waals surface area contributed by atoms with Gasteiger partial charge < -0.3 is 9.80 Å². The molecule has 138 valence electrons. The maximum atomic E-state index is 13.2. The molecular weight excluding hydrogens is 332 g/mol. The van der Waals surface area contributed by atoms with Crippen LogP contribution in [0.2, 0.25) is 0 Å². The lowest BCUT2D eigenvalue weighted by Gasteiger charge is -2.47. The van der Waals surface area contributed by atoms with Crippen molar-refractivity contribution in [2.45, 2.75) is 50.5 Å². The number of aromatic nitrogens is 1. The van der Waals surface area contributed by atoms with E-state index in [4.69, 9.17) is 4.98 Å². The van der Waals surface area contributed by atoms with Gasteiger partial charge in [-0.3, -0.25) is 9.69 Å². The van der Waals surface area contributed by atoms with E-state index in [1.54, 1.807) is 11.3 Å². The number of rotatable bonds is 1. The van der Waals surface area contributed by atoms with Crippen LogP contribution in [0, 0.1) is 0 Å². The minimum Gasteiger partial charge on any atom is -0.335 e. The molecule has 0 saturated carbocycles. The van der Waals surface area contributed by atoms with Crippen molar-refractivity contribution < 1.29 is 4.79 Å². The molecule has 3 heterocycles. The van der Waals surface area contributed by atoms with Crippen LogP contribution >= 0.6 is 11.3 Å². The number of hydrogen-bond acceptors (Lipinski definition) is 5. The summed E-state index contributed by atoms with van der Waals surface area (Å²) in [7, 11) is 4.45. The van der Waals surface area contributed by atoms with Gasteiger partial charge in [-0.2, -0.15) is 0 Å². The summed E-state index contributed by atoms with van der Waals surface area (Å²) in [5.74, 6) is 0.174. The van der Waals surface area contributed by atoms with Crippen molar-refractivity contribution in [1.29, 1.82) is 0 Å². The lowest BCUT2D eigenvalue weighted by molar-refractivity contribution is 0.0316. The number of amides is 1. The fraction of sp³-hybridized carbons (Fsp3) is 0.789. The van der Waals surface area contributed by atoms with E-state index < -0.39 is 0 Å². The van der Waals surface area contributed by atoms with Gasteiger partial charge in [-0.05, 0) is 72.1 Å². The van der Waals surface area contributed by atoms with Crippen LogP contribution in [0.5, 0.6) is 0 Å². The topological polar surface area (TPSA) is 39.7 Å². The molecule has 3 aliphatic rings. The third kappa shape index (κ3) is 3.36. The number of carbonyl (C=O) groups excluding carboxylic acids is 1. The van der Waals surface area contributed by atoms with Crippen LogP contribution in [0.3, 0.4) is 0 Å². The summed E-state index contributed by atoms with van der Waals surface area (Å²) >= 11 is 1.66. The predicted octanol–water partition coefficient (Wildman–Crippen LogP) is 2.26. The van der Waals surface area contributed by atoms with Gasteiger partial charge in [0.05, 0.1) is 5.69 Å². The average molecular weight is 363 g/mol. The monoisotopic (exact) mass is 362 g/mol. The SMILES string of the molecule is CN1CCC2(CC1)CN(C(=O)c1nc3c(s1)CCCC3)CCCN2C. The molecule has 6 heteroatoms. The number of likely N-dealkylation sites (tertiary alicyclic amines) is 1. The second kappa shape index (κ2) is 6.97. The molecule has 0 N–H and O–H groups in total. The molecule has 0 unspecified atom stereocenters. The Morgan fingerprint density at radius 3 is 2.56 bits per heavy atom. The van der Waals surface area contributed by atoms with E-state index in [-0.39, 0.29) is 11.4 Å². The van der Waals surface area contributed by atoms with E-state index in [0.29, 0.717) is 0 Å². The Labute approximate surface area is 155 Å². The maximum Gasteiger partial charge on any atom is 0.282 e. The predicted molar refractivity (Wildman–Crippen MR) is 101 cm³/mol. The molecule has 2 aliphatic heterocycles. The van der Waals surface area contributed by atoms with Gasteiger partial charge in [-0.15, -0.1) is 11.3 Å². The van der Waals surface area contributed by atoms with E-state index in [1.165, 1.54) is 23.4 Å². The zero-order chi connectivity index (χ0) is 17.4. The van der Waals surface area contributed by atoms with Crippen LogP contribution in [-0.2, 0) is 12.8 Å². The number of nitrogens with zero attached hydrogens (tertiary/aromatic N) is 4. The molecule has 0 aromatic carbocycles.